The van der Waals surface area contributed by atoms with Gasteiger partial charge < -0.3 is 10.1 Å². The zero-order valence-corrected chi connectivity index (χ0v) is 13.9. The van der Waals surface area contributed by atoms with Crippen LogP contribution >= 0.6 is 0 Å². The van der Waals surface area contributed by atoms with Gasteiger partial charge in [0.15, 0.2) is 11.3 Å². The summed E-state index contributed by atoms with van der Waals surface area (Å²) in [6, 6.07) is 2.78. The van der Waals surface area contributed by atoms with Crippen molar-refractivity contribution < 1.29 is 18.3 Å². The van der Waals surface area contributed by atoms with Crippen molar-refractivity contribution in [1.82, 2.24) is 24.4 Å². The van der Waals surface area contributed by atoms with Crippen LogP contribution in [0.25, 0.3) is 5.65 Å². The highest BCUT2D eigenvalue weighted by Crippen LogP contribution is 2.40. The first-order chi connectivity index (χ1) is 12.5. The summed E-state index contributed by atoms with van der Waals surface area (Å²) in [6.07, 6.45) is 2.23. The van der Waals surface area contributed by atoms with Gasteiger partial charge >= 0.3 is 0 Å². The van der Waals surface area contributed by atoms with Crippen LogP contribution in [0.4, 0.5) is 14.5 Å². The van der Waals surface area contributed by atoms with Crippen molar-refractivity contribution in [2.75, 3.05) is 12.4 Å². The van der Waals surface area contributed by atoms with Crippen LogP contribution in [0, 0.1) is 0 Å². The number of amides is 1. The van der Waals surface area contributed by atoms with E-state index in [0.29, 0.717) is 11.4 Å². The predicted octanol–water partition coefficient (Wildman–Crippen LogP) is 2.60. The number of aromatic nitrogens is 5. The number of alkyl halides is 2. The summed E-state index contributed by atoms with van der Waals surface area (Å²) in [5.41, 5.74) is 1.06. The first kappa shape index (κ1) is 16.6. The molecule has 3 heterocycles. The van der Waals surface area contributed by atoms with E-state index in [1.54, 1.807) is 6.20 Å². The fourth-order valence-corrected chi connectivity index (χ4v) is 2.70. The molecule has 0 bridgehead atoms. The quantitative estimate of drug-likeness (QED) is 0.728. The molecule has 1 aliphatic rings. The van der Waals surface area contributed by atoms with Crippen LogP contribution in [-0.2, 0) is 11.5 Å². The molecule has 3 aromatic rings. The van der Waals surface area contributed by atoms with Crippen molar-refractivity contribution in [2.45, 2.75) is 31.9 Å². The molecule has 8 nitrogen and oxygen atoms in total. The largest absolute Gasteiger partial charge is 0.362 e. The van der Waals surface area contributed by atoms with Crippen molar-refractivity contribution in [3.8, 4) is 0 Å². The molecule has 0 radical (unpaired) electrons. The van der Waals surface area contributed by atoms with Gasteiger partial charge in [0.2, 0.25) is 0 Å². The van der Waals surface area contributed by atoms with Gasteiger partial charge in [0.25, 0.3) is 12.3 Å². The molecule has 0 unspecified atom stereocenters. The molecule has 0 aromatic carbocycles. The molecule has 1 saturated carbocycles. The second kappa shape index (κ2) is 6.45. The van der Waals surface area contributed by atoms with Gasteiger partial charge in [0, 0.05) is 24.8 Å². The molecule has 1 fully saturated rings. The van der Waals surface area contributed by atoms with E-state index in [0.717, 1.165) is 17.4 Å². The minimum atomic E-state index is -2.71. The summed E-state index contributed by atoms with van der Waals surface area (Å²) in [7, 11) is 1.53. The second-order valence-electron chi connectivity index (χ2n) is 6.12. The molecule has 26 heavy (non-hydrogen) atoms. The van der Waals surface area contributed by atoms with E-state index < -0.39 is 12.3 Å². The number of ether oxygens (including phenoxy) is 1. The van der Waals surface area contributed by atoms with Gasteiger partial charge in [-0.1, -0.05) is 0 Å². The van der Waals surface area contributed by atoms with Crippen molar-refractivity contribution in [3.63, 3.8) is 0 Å². The maximum absolute atomic E-state index is 13.4. The van der Waals surface area contributed by atoms with Gasteiger partial charge in [-0.15, -0.1) is 0 Å². The molecule has 0 aliphatic heterocycles. The van der Waals surface area contributed by atoms with Crippen molar-refractivity contribution in [1.29, 1.82) is 0 Å². The summed E-state index contributed by atoms with van der Waals surface area (Å²) >= 11 is 0. The van der Waals surface area contributed by atoms with Gasteiger partial charge in [-0.25, -0.2) is 23.0 Å². The molecule has 1 aliphatic carbocycles. The molecule has 0 atom stereocenters. The average Bonchev–Trinajstić information content (AvgIpc) is 3.22. The number of hydrogen-bond donors (Lipinski definition) is 1. The molecule has 136 valence electrons. The van der Waals surface area contributed by atoms with E-state index in [-0.39, 0.29) is 29.7 Å². The van der Waals surface area contributed by atoms with E-state index in [4.69, 9.17) is 4.74 Å². The van der Waals surface area contributed by atoms with Crippen LogP contribution in [0.1, 0.15) is 47.1 Å². The standard InChI is InChI=1S/C16H16F2N6O2/c1-26-8-23-7-10(6-19-23)20-16(25)12-5-14-21-11(9-2-3-9)4-13(15(17)18)24(14)22-12/h4-7,9,15H,2-3,8H2,1H3,(H,20,25). The molecule has 4 rings (SSSR count). The number of carbonyl (C=O) groups is 1. The zero-order chi connectivity index (χ0) is 18.3. The van der Waals surface area contributed by atoms with E-state index in [9.17, 15) is 13.6 Å². The molecule has 0 spiro atoms. The maximum atomic E-state index is 13.4. The second-order valence-corrected chi connectivity index (χ2v) is 6.12. The Bertz CT molecular complexity index is 963. The lowest BCUT2D eigenvalue weighted by molar-refractivity contribution is 0.102. The van der Waals surface area contributed by atoms with Gasteiger partial charge in [-0.2, -0.15) is 10.2 Å². The van der Waals surface area contributed by atoms with E-state index in [2.05, 4.69) is 20.5 Å². The third kappa shape index (κ3) is 3.15. The highest BCUT2D eigenvalue weighted by molar-refractivity contribution is 6.03. The van der Waals surface area contributed by atoms with E-state index >= 15 is 0 Å². The lowest BCUT2D eigenvalue weighted by Crippen LogP contribution is -2.12. The molecular formula is C16H16F2N6O2. The van der Waals surface area contributed by atoms with Crippen LogP contribution in [0.2, 0.25) is 0 Å². The Morgan fingerprint density at radius 1 is 1.42 bits per heavy atom. The number of rotatable bonds is 6. The Labute approximate surface area is 146 Å². The molecule has 0 saturated heterocycles. The predicted molar refractivity (Wildman–Crippen MR) is 87.1 cm³/mol. The summed E-state index contributed by atoms with van der Waals surface area (Å²) in [6.45, 7) is 0.246. The van der Waals surface area contributed by atoms with Crippen LogP contribution in [0.5, 0.6) is 0 Å². The number of halogens is 2. The maximum Gasteiger partial charge on any atom is 0.280 e. The van der Waals surface area contributed by atoms with Crippen LogP contribution < -0.4 is 5.32 Å². The van der Waals surface area contributed by atoms with E-state index in [1.807, 2.05) is 0 Å². The fourth-order valence-electron chi connectivity index (χ4n) is 2.70. The highest BCUT2D eigenvalue weighted by atomic mass is 19.3. The summed E-state index contributed by atoms with van der Waals surface area (Å²) in [5.74, 6) is -0.308. The topological polar surface area (TPSA) is 86.3 Å². The Morgan fingerprint density at radius 2 is 2.23 bits per heavy atom. The smallest absolute Gasteiger partial charge is 0.280 e. The van der Waals surface area contributed by atoms with Gasteiger partial charge in [-0.05, 0) is 18.9 Å². The number of hydrogen-bond acceptors (Lipinski definition) is 5. The first-order valence-corrected chi connectivity index (χ1v) is 8.06. The van der Waals surface area contributed by atoms with Crippen LogP contribution in [-0.4, -0.2) is 37.4 Å². The van der Waals surface area contributed by atoms with Crippen LogP contribution in [0.3, 0.4) is 0 Å². The SMILES string of the molecule is COCn1cc(NC(=O)c2cc3nc(C4CC4)cc(C(F)F)n3n2)cn1. The van der Waals surface area contributed by atoms with Gasteiger partial charge in [0.05, 0.1) is 18.1 Å². The van der Waals surface area contributed by atoms with Crippen molar-refractivity contribution >= 4 is 17.2 Å². The Morgan fingerprint density at radius 3 is 2.92 bits per heavy atom. The third-order valence-electron chi connectivity index (χ3n) is 4.08. The summed E-state index contributed by atoms with van der Waals surface area (Å²) in [5, 5.41) is 10.6. The number of methoxy groups -OCH3 is 1. The van der Waals surface area contributed by atoms with Crippen molar-refractivity contribution in [3.05, 3.63) is 41.6 Å². The number of anilines is 1. The third-order valence-corrected chi connectivity index (χ3v) is 4.08. The lowest BCUT2D eigenvalue weighted by Gasteiger charge is -2.06. The summed E-state index contributed by atoms with van der Waals surface area (Å²) in [4.78, 5) is 16.8. The molecule has 1 N–H and O–H groups in total. The van der Waals surface area contributed by atoms with Gasteiger partial charge in [-0.3, -0.25) is 4.79 Å². The number of nitrogens with one attached hydrogen (secondary N) is 1. The Kier molecular flexibility index (Phi) is 4.11. The monoisotopic (exact) mass is 362 g/mol. The Hall–Kier alpha value is -2.88. The average molecular weight is 362 g/mol. The van der Waals surface area contributed by atoms with Crippen LogP contribution in [0.15, 0.2) is 24.5 Å². The molecular weight excluding hydrogens is 346 g/mol. The number of nitrogens with zero attached hydrogens (tertiary/aromatic N) is 5. The van der Waals surface area contributed by atoms with Crippen molar-refractivity contribution in [2.24, 2.45) is 0 Å². The van der Waals surface area contributed by atoms with E-state index in [1.165, 1.54) is 30.1 Å². The zero-order valence-electron chi connectivity index (χ0n) is 13.9. The first-order valence-electron chi connectivity index (χ1n) is 8.06. The summed E-state index contributed by atoms with van der Waals surface area (Å²) < 4.78 is 34.2. The number of carbonyl (C=O) groups excluding carboxylic acids is 1. The minimum absolute atomic E-state index is 0.00633. The Balaban J connectivity index is 1.63. The fraction of sp³-hybridized carbons (Fsp3) is 0.375. The van der Waals surface area contributed by atoms with Gasteiger partial charge in [0.1, 0.15) is 12.4 Å². The normalized spacial score (nSPS) is 14.3. The highest BCUT2D eigenvalue weighted by Gasteiger charge is 2.28. The lowest BCUT2D eigenvalue weighted by atomic mass is 10.2. The number of fused-ring (bicyclic) bond motifs is 1. The molecule has 1 amide bonds. The molecule has 10 heteroatoms. The minimum Gasteiger partial charge on any atom is -0.362 e. The molecule has 3 aromatic heterocycles.